The number of rotatable bonds is 6. The molecule has 0 saturated carbocycles. The molecule has 0 spiro atoms. The third-order valence-corrected chi connectivity index (χ3v) is 2.24. The smallest absolute Gasteiger partial charge is 0.338 e. The Kier molecular flexibility index (Phi) is 5.84. The number of hydrogen-bond acceptors (Lipinski definition) is 6. The van der Waals surface area contributed by atoms with E-state index in [2.05, 4.69) is 5.32 Å². The number of hydrogen-bond donors (Lipinski definition) is 2. The van der Waals surface area contributed by atoms with E-state index in [-0.39, 0.29) is 12.1 Å². The predicted octanol–water partition coefficient (Wildman–Crippen LogP) is 0.464. The van der Waals surface area contributed by atoms with Crippen LogP contribution in [0.15, 0.2) is 18.2 Å². The fourth-order valence-electron chi connectivity index (χ4n) is 1.37. The summed E-state index contributed by atoms with van der Waals surface area (Å²) in [6.45, 7) is 1.70. The summed E-state index contributed by atoms with van der Waals surface area (Å²) in [6.07, 6.45) is 0. The summed E-state index contributed by atoms with van der Waals surface area (Å²) in [6, 6.07) is 6.22. The average Bonchev–Trinajstić information content (AvgIpc) is 2.44. The van der Waals surface area contributed by atoms with Crippen molar-refractivity contribution in [2.24, 2.45) is 0 Å². The number of nitrogens with one attached hydrogen (secondary N) is 1. The zero-order chi connectivity index (χ0) is 15.0. The molecule has 3 N–H and O–H groups in total. The quantitative estimate of drug-likeness (QED) is 0.443. The van der Waals surface area contributed by atoms with Crippen molar-refractivity contribution in [3.63, 3.8) is 0 Å². The largest absolute Gasteiger partial charge is 0.492 e. The fraction of sp³-hybridized carbons (Fsp3) is 0.308. The van der Waals surface area contributed by atoms with E-state index in [9.17, 15) is 9.59 Å². The van der Waals surface area contributed by atoms with Gasteiger partial charge < -0.3 is 20.5 Å². The Morgan fingerprint density at radius 1 is 1.45 bits per heavy atom. The first-order chi connectivity index (χ1) is 9.58. The number of ether oxygens (including phenoxy) is 2. The number of carbonyl (C=O) groups excluding carboxylic acids is 2. The van der Waals surface area contributed by atoms with Gasteiger partial charge in [-0.1, -0.05) is 0 Å². The van der Waals surface area contributed by atoms with Crippen LogP contribution in [-0.4, -0.2) is 31.6 Å². The molecule has 1 aromatic rings. The van der Waals surface area contributed by atoms with Crippen molar-refractivity contribution < 1.29 is 19.1 Å². The molecule has 7 nitrogen and oxygen atoms in total. The number of nitrogens with two attached hydrogens (primary N) is 1. The molecule has 0 aliphatic rings. The molecule has 0 aliphatic heterocycles. The molecule has 0 aromatic heterocycles. The van der Waals surface area contributed by atoms with Crippen LogP contribution < -0.4 is 15.8 Å². The summed E-state index contributed by atoms with van der Waals surface area (Å²) in [4.78, 5) is 22.8. The van der Waals surface area contributed by atoms with E-state index in [4.69, 9.17) is 20.5 Å². The van der Waals surface area contributed by atoms with Gasteiger partial charge in [0, 0.05) is 0 Å². The number of esters is 1. The number of anilines is 1. The Morgan fingerprint density at radius 2 is 2.20 bits per heavy atom. The van der Waals surface area contributed by atoms with Crippen LogP contribution in [0.4, 0.5) is 5.69 Å². The number of nitriles is 1. The molecule has 1 amide bonds. The monoisotopic (exact) mass is 277 g/mol. The minimum atomic E-state index is -0.674. The summed E-state index contributed by atoms with van der Waals surface area (Å²) in [5.74, 6) is -0.735. The van der Waals surface area contributed by atoms with E-state index in [0.717, 1.165) is 0 Å². The zero-order valence-corrected chi connectivity index (χ0v) is 11.0. The molecule has 0 atom stereocenters. The lowest BCUT2D eigenvalue weighted by Gasteiger charge is -2.08. The second-order valence-corrected chi connectivity index (χ2v) is 3.70. The van der Waals surface area contributed by atoms with Gasteiger partial charge in [0.05, 0.1) is 23.9 Å². The Morgan fingerprint density at radius 3 is 2.80 bits per heavy atom. The van der Waals surface area contributed by atoms with Gasteiger partial charge in [0.2, 0.25) is 0 Å². The molecule has 1 rings (SSSR count). The molecule has 0 saturated heterocycles. The van der Waals surface area contributed by atoms with Gasteiger partial charge in [0.15, 0.2) is 6.61 Å². The van der Waals surface area contributed by atoms with Crippen LogP contribution in [0, 0.1) is 11.3 Å². The Balaban J connectivity index is 2.58. The van der Waals surface area contributed by atoms with Gasteiger partial charge in [0.25, 0.3) is 5.91 Å². The van der Waals surface area contributed by atoms with E-state index in [1.54, 1.807) is 12.1 Å². The zero-order valence-electron chi connectivity index (χ0n) is 11.0. The first-order valence-corrected chi connectivity index (χ1v) is 5.91. The molecular formula is C13H15N3O4. The summed E-state index contributed by atoms with van der Waals surface area (Å²) in [7, 11) is 0. The predicted molar refractivity (Wildman–Crippen MR) is 70.9 cm³/mol. The third kappa shape index (κ3) is 4.49. The maximum atomic E-state index is 11.7. The van der Waals surface area contributed by atoms with E-state index in [1.807, 2.05) is 6.92 Å². The fourth-order valence-corrected chi connectivity index (χ4v) is 1.37. The highest BCUT2D eigenvalue weighted by atomic mass is 16.5. The maximum absolute atomic E-state index is 11.7. The van der Waals surface area contributed by atoms with Crippen molar-refractivity contribution in [3.8, 4) is 11.8 Å². The number of nitrogen functional groups attached to an aromatic ring is 1. The molecule has 0 heterocycles. The van der Waals surface area contributed by atoms with E-state index >= 15 is 0 Å². The standard InChI is InChI=1S/C13H15N3O4/c1-2-19-11-4-3-9(7-10(11)15)13(18)20-8-12(17)16-6-5-14/h3-4,7H,2,6,8,15H2,1H3,(H,16,17). The summed E-state index contributed by atoms with van der Waals surface area (Å²) < 4.78 is 10.0. The molecule has 0 radical (unpaired) electrons. The first kappa shape index (κ1) is 15.3. The van der Waals surface area contributed by atoms with Crippen molar-refractivity contribution in [1.29, 1.82) is 5.26 Å². The average molecular weight is 277 g/mol. The van der Waals surface area contributed by atoms with Gasteiger partial charge in [-0.2, -0.15) is 5.26 Å². The van der Waals surface area contributed by atoms with Crippen molar-refractivity contribution in [1.82, 2.24) is 5.32 Å². The molecule has 0 bridgehead atoms. The van der Waals surface area contributed by atoms with Crippen molar-refractivity contribution in [3.05, 3.63) is 23.8 Å². The van der Waals surface area contributed by atoms with Crippen LogP contribution >= 0.6 is 0 Å². The van der Waals surface area contributed by atoms with E-state index < -0.39 is 18.5 Å². The lowest BCUT2D eigenvalue weighted by Crippen LogP contribution is -2.29. The topological polar surface area (TPSA) is 114 Å². The molecule has 0 aliphatic carbocycles. The molecule has 0 fully saturated rings. The maximum Gasteiger partial charge on any atom is 0.338 e. The number of benzene rings is 1. The van der Waals surface area contributed by atoms with Gasteiger partial charge in [0.1, 0.15) is 12.3 Å². The van der Waals surface area contributed by atoms with Crippen molar-refractivity contribution in [2.75, 3.05) is 25.5 Å². The summed E-state index contributed by atoms with van der Waals surface area (Å²) in [5, 5.41) is 10.5. The molecule has 1 aromatic carbocycles. The van der Waals surface area contributed by atoms with Crippen LogP contribution in [0.3, 0.4) is 0 Å². The van der Waals surface area contributed by atoms with Crippen LogP contribution in [0.2, 0.25) is 0 Å². The van der Waals surface area contributed by atoms with Crippen LogP contribution in [-0.2, 0) is 9.53 Å². The minimum absolute atomic E-state index is 0.133. The Bertz CT molecular complexity index is 537. The highest BCUT2D eigenvalue weighted by molar-refractivity contribution is 5.92. The van der Waals surface area contributed by atoms with Crippen molar-refractivity contribution in [2.45, 2.75) is 6.92 Å². The Labute approximate surface area is 116 Å². The van der Waals surface area contributed by atoms with Gasteiger partial charge in [-0.15, -0.1) is 0 Å². The molecule has 106 valence electrons. The van der Waals surface area contributed by atoms with Gasteiger partial charge >= 0.3 is 5.97 Å². The normalized spacial score (nSPS) is 9.40. The summed E-state index contributed by atoms with van der Waals surface area (Å²) >= 11 is 0. The van der Waals surface area contributed by atoms with Gasteiger partial charge in [-0.05, 0) is 25.1 Å². The highest BCUT2D eigenvalue weighted by Crippen LogP contribution is 2.22. The summed E-state index contributed by atoms with van der Waals surface area (Å²) in [5.41, 5.74) is 6.26. The molecular weight excluding hydrogens is 262 g/mol. The second kappa shape index (κ2) is 7.63. The number of carbonyl (C=O) groups is 2. The lowest BCUT2D eigenvalue weighted by molar-refractivity contribution is -0.123. The second-order valence-electron chi connectivity index (χ2n) is 3.70. The molecule has 0 unspecified atom stereocenters. The first-order valence-electron chi connectivity index (χ1n) is 5.91. The lowest BCUT2D eigenvalue weighted by atomic mass is 10.2. The molecule has 7 heteroatoms. The van der Waals surface area contributed by atoms with E-state index in [1.165, 1.54) is 12.1 Å². The third-order valence-electron chi connectivity index (χ3n) is 2.24. The van der Waals surface area contributed by atoms with E-state index in [0.29, 0.717) is 18.0 Å². The Hall–Kier alpha value is -2.75. The van der Waals surface area contributed by atoms with Crippen LogP contribution in [0.5, 0.6) is 5.75 Å². The minimum Gasteiger partial charge on any atom is -0.492 e. The highest BCUT2D eigenvalue weighted by Gasteiger charge is 2.12. The van der Waals surface area contributed by atoms with Gasteiger partial charge in [-0.3, -0.25) is 4.79 Å². The SMILES string of the molecule is CCOc1ccc(C(=O)OCC(=O)NCC#N)cc1N. The van der Waals surface area contributed by atoms with Gasteiger partial charge in [-0.25, -0.2) is 4.79 Å². The van der Waals surface area contributed by atoms with Crippen LogP contribution in [0.25, 0.3) is 0 Å². The molecule has 20 heavy (non-hydrogen) atoms. The number of nitrogens with zero attached hydrogens (tertiary/aromatic N) is 1. The number of amides is 1. The van der Waals surface area contributed by atoms with Crippen LogP contribution in [0.1, 0.15) is 17.3 Å². The van der Waals surface area contributed by atoms with Crippen molar-refractivity contribution >= 4 is 17.6 Å².